The monoisotopic (exact) mass is 263 g/mol. The molecule has 5 heteroatoms. The first-order valence-corrected chi connectivity index (χ1v) is 7.26. The van der Waals surface area contributed by atoms with Crippen LogP contribution in [0.15, 0.2) is 6.07 Å². The van der Waals surface area contributed by atoms with Crippen LogP contribution in [0.3, 0.4) is 0 Å². The molecule has 106 valence electrons. The highest BCUT2D eigenvalue weighted by Gasteiger charge is 2.23. The van der Waals surface area contributed by atoms with Gasteiger partial charge in [-0.25, -0.2) is 9.97 Å². The molecule has 5 nitrogen and oxygen atoms in total. The zero-order valence-electron chi connectivity index (χ0n) is 12.3. The average molecular weight is 263 g/mol. The Morgan fingerprint density at radius 1 is 1.32 bits per heavy atom. The van der Waals surface area contributed by atoms with E-state index in [1.165, 1.54) is 0 Å². The zero-order valence-corrected chi connectivity index (χ0v) is 12.3. The van der Waals surface area contributed by atoms with Crippen LogP contribution in [-0.2, 0) is 6.42 Å². The minimum absolute atomic E-state index is 0.560. The highest BCUT2D eigenvalue weighted by atomic mass is 15.3. The number of nitrogens with zero attached hydrogens (tertiary/aromatic N) is 4. The standard InChI is InChI=1S/C14H25N5/c1-4-6-13-16-12(15)9-14(17-13)19-8-7-18(5-2)11(3)10-19/h9,11H,4-8,10H2,1-3H3,(H2,15,16,17). The molecule has 2 N–H and O–H groups in total. The lowest BCUT2D eigenvalue weighted by atomic mass is 10.2. The Hall–Kier alpha value is -1.36. The van der Waals surface area contributed by atoms with Crippen molar-refractivity contribution in [3.63, 3.8) is 0 Å². The predicted molar refractivity (Wildman–Crippen MR) is 79.4 cm³/mol. The van der Waals surface area contributed by atoms with Crippen molar-refractivity contribution in [1.82, 2.24) is 14.9 Å². The van der Waals surface area contributed by atoms with Crippen molar-refractivity contribution in [3.05, 3.63) is 11.9 Å². The largest absolute Gasteiger partial charge is 0.384 e. The molecule has 1 atom stereocenters. The van der Waals surface area contributed by atoms with Gasteiger partial charge in [0.25, 0.3) is 0 Å². The lowest BCUT2D eigenvalue weighted by Gasteiger charge is -2.40. The van der Waals surface area contributed by atoms with Crippen LogP contribution < -0.4 is 10.6 Å². The summed E-state index contributed by atoms with van der Waals surface area (Å²) in [5.41, 5.74) is 5.90. The van der Waals surface area contributed by atoms with E-state index in [4.69, 9.17) is 5.73 Å². The van der Waals surface area contributed by atoms with Crippen LogP contribution in [-0.4, -0.2) is 47.1 Å². The van der Waals surface area contributed by atoms with Gasteiger partial charge < -0.3 is 10.6 Å². The fourth-order valence-corrected chi connectivity index (χ4v) is 2.67. The molecule has 1 aromatic rings. The van der Waals surface area contributed by atoms with Crippen LogP contribution in [0.2, 0.25) is 0 Å². The Morgan fingerprint density at radius 3 is 2.74 bits per heavy atom. The molecule has 0 amide bonds. The normalized spacial score (nSPS) is 20.8. The maximum atomic E-state index is 5.90. The smallest absolute Gasteiger partial charge is 0.134 e. The number of nitrogen functional groups attached to an aromatic ring is 1. The third-order valence-corrected chi connectivity index (χ3v) is 3.75. The van der Waals surface area contributed by atoms with Gasteiger partial charge in [0.05, 0.1) is 0 Å². The molecular formula is C14H25N5. The quantitative estimate of drug-likeness (QED) is 0.893. The molecule has 1 aliphatic rings. The summed E-state index contributed by atoms with van der Waals surface area (Å²) in [5.74, 6) is 2.43. The van der Waals surface area contributed by atoms with Gasteiger partial charge in [-0.05, 0) is 19.9 Å². The second-order valence-corrected chi connectivity index (χ2v) is 5.24. The molecule has 0 radical (unpaired) electrons. The van der Waals surface area contributed by atoms with Gasteiger partial charge in [-0.1, -0.05) is 13.8 Å². The summed E-state index contributed by atoms with van der Waals surface area (Å²) in [5, 5.41) is 0. The first-order valence-electron chi connectivity index (χ1n) is 7.26. The van der Waals surface area contributed by atoms with Crippen LogP contribution in [0.1, 0.15) is 33.0 Å². The fourth-order valence-electron chi connectivity index (χ4n) is 2.67. The van der Waals surface area contributed by atoms with Crippen molar-refractivity contribution in [2.24, 2.45) is 0 Å². The summed E-state index contributed by atoms with van der Waals surface area (Å²) < 4.78 is 0. The highest BCUT2D eigenvalue weighted by Crippen LogP contribution is 2.19. The molecule has 0 aromatic carbocycles. The van der Waals surface area contributed by atoms with Crippen LogP contribution in [0.5, 0.6) is 0 Å². The van der Waals surface area contributed by atoms with Crippen LogP contribution >= 0.6 is 0 Å². The van der Waals surface area contributed by atoms with E-state index in [0.717, 1.165) is 50.7 Å². The molecule has 1 fully saturated rings. The second-order valence-electron chi connectivity index (χ2n) is 5.24. The van der Waals surface area contributed by atoms with E-state index in [-0.39, 0.29) is 0 Å². The van der Waals surface area contributed by atoms with Crippen molar-refractivity contribution in [2.45, 2.75) is 39.7 Å². The molecule has 2 heterocycles. The second kappa shape index (κ2) is 6.19. The first-order chi connectivity index (χ1) is 9.13. The number of hydrogen-bond acceptors (Lipinski definition) is 5. The predicted octanol–water partition coefficient (Wildman–Crippen LogP) is 1.54. The summed E-state index contributed by atoms with van der Waals surface area (Å²) in [7, 11) is 0. The van der Waals surface area contributed by atoms with Crippen LogP contribution in [0.4, 0.5) is 11.6 Å². The topological polar surface area (TPSA) is 58.3 Å². The van der Waals surface area contributed by atoms with Gasteiger partial charge in [-0.15, -0.1) is 0 Å². The first kappa shape index (κ1) is 14.1. The summed E-state index contributed by atoms with van der Waals surface area (Å²) in [6.07, 6.45) is 1.94. The van der Waals surface area contributed by atoms with Gasteiger partial charge in [0, 0.05) is 38.2 Å². The SMILES string of the molecule is CCCc1nc(N)cc(N2CCN(CC)C(C)C2)n1. The summed E-state index contributed by atoms with van der Waals surface area (Å²) >= 11 is 0. The van der Waals surface area contributed by atoms with Crippen molar-refractivity contribution in [3.8, 4) is 0 Å². The maximum absolute atomic E-state index is 5.90. The molecule has 0 saturated carbocycles. The third kappa shape index (κ3) is 3.35. The lowest BCUT2D eigenvalue weighted by Crippen LogP contribution is -2.52. The molecule has 0 spiro atoms. The molecule has 2 rings (SSSR count). The highest BCUT2D eigenvalue weighted by molar-refractivity contribution is 5.47. The maximum Gasteiger partial charge on any atom is 0.134 e. The molecule has 0 aliphatic carbocycles. The van der Waals surface area contributed by atoms with Crippen molar-refractivity contribution in [2.75, 3.05) is 36.8 Å². The number of anilines is 2. The minimum Gasteiger partial charge on any atom is -0.384 e. The Kier molecular flexibility index (Phi) is 4.58. The number of rotatable bonds is 4. The van der Waals surface area contributed by atoms with Crippen LogP contribution in [0.25, 0.3) is 0 Å². The molecule has 19 heavy (non-hydrogen) atoms. The number of likely N-dealkylation sites (N-methyl/N-ethyl adjacent to an activating group) is 1. The van der Waals surface area contributed by atoms with E-state index < -0.39 is 0 Å². The number of aryl methyl sites for hydroxylation is 1. The Balaban J connectivity index is 2.13. The van der Waals surface area contributed by atoms with E-state index in [9.17, 15) is 0 Å². The Labute approximate surface area is 115 Å². The van der Waals surface area contributed by atoms with E-state index >= 15 is 0 Å². The molecule has 1 unspecified atom stereocenters. The van der Waals surface area contributed by atoms with Gasteiger partial charge in [-0.2, -0.15) is 0 Å². The van der Waals surface area contributed by atoms with Crippen molar-refractivity contribution < 1.29 is 0 Å². The van der Waals surface area contributed by atoms with Crippen molar-refractivity contribution in [1.29, 1.82) is 0 Å². The fraction of sp³-hybridized carbons (Fsp3) is 0.714. The van der Waals surface area contributed by atoms with Crippen LogP contribution in [0, 0.1) is 0 Å². The van der Waals surface area contributed by atoms with Gasteiger partial charge >= 0.3 is 0 Å². The number of nitrogens with two attached hydrogens (primary N) is 1. The van der Waals surface area contributed by atoms with E-state index in [0.29, 0.717) is 11.9 Å². The number of hydrogen-bond donors (Lipinski definition) is 1. The molecule has 1 aliphatic heterocycles. The Morgan fingerprint density at radius 2 is 2.11 bits per heavy atom. The van der Waals surface area contributed by atoms with E-state index in [1.54, 1.807) is 0 Å². The lowest BCUT2D eigenvalue weighted by molar-refractivity contribution is 0.199. The molecule has 1 aromatic heterocycles. The summed E-state index contributed by atoms with van der Waals surface area (Å²) in [4.78, 5) is 13.8. The summed E-state index contributed by atoms with van der Waals surface area (Å²) in [6, 6.07) is 2.46. The number of aromatic nitrogens is 2. The minimum atomic E-state index is 0.560. The third-order valence-electron chi connectivity index (χ3n) is 3.75. The summed E-state index contributed by atoms with van der Waals surface area (Å²) in [6.45, 7) is 10.8. The average Bonchev–Trinajstić information content (AvgIpc) is 2.38. The van der Waals surface area contributed by atoms with Gasteiger partial charge in [-0.3, -0.25) is 4.90 Å². The van der Waals surface area contributed by atoms with Gasteiger partial charge in [0.2, 0.25) is 0 Å². The zero-order chi connectivity index (χ0) is 13.8. The van der Waals surface area contributed by atoms with E-state index in [2.05, 4.69) is 40.5 Å². The van der Waals surface area contributed by atoms with Gasteiger partial charge in [0.1, 0.15) is 17.5 Å². The van der Waals surface area contributed by atoms with E-state index in [1.807, 2.05) is 6.07 Å². The molecular weight excluding hydrogens is 238 g/mol. The Bertz CT molecular complexity index is 420. The van der Waals surface area contributed by atoms with Crippen molar-refractivity contribution >= 4 is 11.6 Å². The molecule has 0 bridgehead atoms. The van der Waals surface area contributed by atoms with Gasteiger partial charge in [0.15, 0.2) is 0 Å². The molecule has 1 saturated heterocycles. The number of piperazine rings is 1.